The van der Waals surface area contributed by atoms with Gasteiger partial charge in [-0.2, -0.15) is 0 Å². The third-order valence-corrected chi connectivity index (χ3v) is 2.84. The van der Waals surface area contributed by atoms with Crippen molar-refractivity contribution in [3.05, 3.63) is 0 Å². The molecule has 1 amide bonds. The molecule has 1 rings (SSSR count). The average molecular weight is 200 g/mol. The summed E-state index contributed by atoms with van der Waals surface area (Å²) in [5.41, 5.74) is 0. The van der Waals surface area contributed by atoms with Crippen LogP contribution in [-0.4, -0.2) is 59.1 Å². The van der Waals surface area contributed by atoms with E-state index in [-0.39, 0.29) is 5.91 Å². The summed E-state index contributed by atoms with van der Waals surface area (Å²) < 4.78 is 0. The number of carbonyl (C=O) groups excluding carboxylic acids is 1. The highest BCUT2D eigenvalue weighted by molar-refractivity contribution is 5.80. The Morgan fingerprint density at radius 1 is 1.57 bits per heavy atom. The van der Waals surface area contributed by atoms with Crippen molar-refractivity contribution in [2.75, 3.05) is 26.2 Å². The summed E-state index contributed by atoms with van der Waals surface area (Å²) in [6.45, 7) is 9.18. The quantitative estimate of drug-likeness (QED) is 0.678. The Balaban J connectivity index is 2.50. The second-order valence-electron chi connectivity index (χ2n) is 3.94. The van der Waals surface area contributed by atoms with Crippen LogP contribution in [0.5, 0.6) is 0 Å². The van der Waals surface area contributed by atoms with E-state index in [1.807, 2.05) is 0 Å². The van der Waals surface area contributed by atoms with Gasteiger partial charge in [0, 0.05) is 25.7 Å². The maximum atomic E-state index is 11.5. The first-order valence-corrected chi connectivity index (χ1v) is 5.27. The number of rotatable bonds is 2. The molecule has 0 spiro atoms. The second kappa shape index (κ2) is 4.75. The molecular formula is C10H20N2O2. The van der Waals surface area contributed by atoms with Crippen molar-refractivity contribution in [2.24, 2.45) is 0 Å². The molecule has 14 heavy (non-hydrogen) atoms. The second-order valence-corrected chi connectivity index (χ2v) is 3.94. The van der Waals surface area contributed by atoms with Gasteiger partial charge < -0.3 is 10.0 Å². The highest BCUT2D eigenvalue weighted by atomic mass is 16.3. The summed E-state index contributed by atoms with van der Waals surface area (Å²) >= 11 is 0. The minimum atomic E-state index is -0.865. The highest BCUT2D eigenvalue weighted by Crippen LogP contribution is 2.09. The molecule has 0 bridgehead atoms. The van der Waals surface area contributed by atoms with E-state index in [0.717, 1.165) is 26.2 Å². The van der Waals surface area contributed by atoms with Gasteiger partial charge in [-0.1, -0.05) is 6.92 Å². The molecular weight excluding hydrogens is 180 g/mol. The molecule has 2 atom stereocenters. The molecule has 0 aliphatic carbocycles. The number of piperazine rings is 1. The van der Waals surface area contributed by atoms with E-state index in [1.54, 1.807) is 4.90 Å². The lowest BCUT2D eigenvalue weighted by atomic mass is 10.2. The molecule has 1 aliphatic rings. The molecule has 0 radical (unpaired) electrons. The van der Waals surface area contributed by atoms with Gasteiger partial charge in [0.05, 0.1) is 0 Å². The van der Waals surface area contributed by atoms with E-state index in [4.69, 9.17) is 0 Å². The van der Waals surface area contributed by atoms with Gasteiger partial charge in [-0.3, -0.25) is 9.69 Å². The predicted octanol–water partition coefficient (Wildman–Crippen LogP) is -0.0802. The molecule has 1 aliphatic heterocycles. The van der Waals surface area contributed by atoms with Crippen LogP contribution in [0, 0.1) is 0 Å². The zero-order chi connectivity index (χ0) is 10.7. The van der Waals surface area contributed by atoms with Crippen LogP contribution in [0.4, 0.5) is 0 Å². The predicted molar refractivity (Wildman–Crippen MR) is 55.0 cm³/mol. The van der Waals surface area contributed by atoms with Crippen LogP contribution < -0.4 is 0 Å². The fourth-order valence-electron chi connectivity index (χ4n) is 1.93. The standard InChI is InChI=1S/C10H20N2O2/c1-4-11-5-6-12(7-8(11)2)10(14)9(3)13/h8-9,13H,4-7H2,1-3H3/t8-,9-/m0/s1. The summed E-state index contributed by atoms with van der Waals surface area (Å²) in [5.74, 6) is -0.146. The van der Waals surface area contributed by atoms with Crippen LogP contribution in [0.25, 0.3) is 0 Å². The van der Waals surface area contributed by atoms with E-state index in [0.29, 0.717) is 6.04 Å². The molecule has 0 aromatic carbocycles. The monoisotopic (exact) mass is 200 g/mol. The van der Waals surface area contributed by atoms with Gasteiger partial charge in [0.25, 0.3) is 5.91 Å². The Labute approximate surface area is 85.5 Å². The van der Waals surface area contributed by atoms with Crippen LogP contribution in [0.2, 0.25) is 0 Å². The molecule has 1 saturated heterocycles. The normalized spacial score (nSPS) is 26.3. The third kappa shape index (κ3) is 2.45. The smallest absolute Gasteiger partial charge is 0.251 e. The van der Waals surface area contributed by atoms with Crippen LogP contribution in [0.3, 0.4) is 0 Å². The van der Waals surface area contributed by atoms with Crippen LogP contribution in [0.15, 0.2) is 0 Å². The molecule has 1 N–H and O–H groups in total. The maximum Gasteiger partial charge on any atom is 0.251 e. The number of likely N-dealkylation sites (N-methyl/N-ethyl adjacent to an activating group) is 1. The van der Waals surface area contributed by atoms with Crippen LogP contribution in [-0.2, 0) is 4.79 Å². The van der Waals surface area contributed by atoms with E-state index < -0.39 is 6.10 Å². The Bertz CT molecular complexity index is 206. The molecule has 4 heteroatoms. The van der Waals surface area contributed by atoms with Crippen molar-refractivity contribution in [1.29, 1.82) is 0 Å². The number of nitrogens with zero attached hydrogens (tertiary/aromatic N) is 2. The SMILES string of the molecule is CCN1CCN(C(=O)[C@H](C)O)C[C@@H]1C. The summed E-state index contributed by atoms with van der Waals surface area (Å²) in [4.78, 5) is 15.6. The molecule has 4 nitrogen and oxygen atoms in total. The van der Waals surface area contributed by atoms with Crippen molar-refractivity contribution in [1.82, 2.24) is 9.80 Å². The molecule has 1 fully saturated rings. The summed E-state index contributed by atoms with van der Waals surface area (Å²) in [7, 11) is 0. The summed E-state index contributed by atoms with van der Waals surface area (Å²) in [6, 6.07) is 0.399. The Kier molecular flexibility index (Phi) is 3.89. The number of hydrogen-bond acceptors (Lipinski definition) is 3. The highest BCUT2D eigenvalue weighted by Gasteiger charge is 2.27. The van der Waals surface area contributed by atoms with Crippen molar-refractivity contribution in [3.63, 3.8) is 0 Å². The van der Waals surface area contributed by atoms with Crippen molar-refractivity contribution < 1.29 is 9.90 Å². The number of carbonyl (C=O) groups is 1. The van der Waals surface area contributed by atoms with Crippen LogP contribution in [0.1, 0.15) is 20.8 Å². The summed E-state index contributed by atoms with van der Waals surface area (Å²) in [6.07, 6.45) is -0.865. The lowest BCUT2D eigenvalue weighted by Gasteiger charge is -2.39. The molecule has 1 heterocycles. The fourth-order valence-corrected chi connectivity index (χ4v) is 1.93. The van der Waals surface area contributed by atoms with Crippen molar-refractivity contribution in [2.45, 2.75) is 32.9 Å². The average Bonchev–Trinajstić information content (AvgIpc) is 2.16. The first kappa shape index (κ1) is 11.5. The van der Waals surface area contributed by atoms with E-state index in [2.05, 4.69) is 18.7 Å². The van der Waals surface area contributed by atoms with Crippen LogP contribution >= 0.6 is 0 Å². The number of hydrogen-bond donors (Lipinski definition) is 1. The molecule has 0 saturated carbocycles. The Morgan fingerprint density at radius 3 is 2.64 bits per heavy atom. The zero-order valence-corrected chi connectivity index (χ0v) is 9.23. The minimum absolute atomic E-state index is 0.146. The van der Waals surface area contributed by atoms with Crippen molar-refractivity contribution in [3.8, 4) is 0 Å². The molecule has 0 aromatic rings. The van der Waals surface area contributed by atoms with Gasteiger partial charge in [0.15, 0.2) is 0 Å². The lowest BCUT2D eigenvalue weighted by Crippen LogP contribution is -2.55. The zero-order valence-electron chi connectivity index (χ0n) is 9.23. The number of amides is 1. The van der Waals surface area contributed by atoms with E-state index in [1.165, 1.54) is 6.92 Å². The summed E-state index contributed by atoms with van der Waals surface area (Å²) in [5, 5.41) is 9.18. The van der Waals surface area contributed by atoms with Gasteiger partial charge in [-0.15, -0.1) is 0 Å². The van der Waals surface area contributed by atoms with Gasteiger partial charge in [-0.05, 0) is 20.4 Å². The largest absolute Gasteiger partial charge is 0.384 e. The topological polar surface area (TPSA) is 43.8 Å². The Morgan fingerprint density at radius 2 is 2.21 bits per heavy atom. The van der Waals surface area contributed by atoms with Gasteiger partial charge >= 0.3 is 0 Å². The molecule has 0 unspecified atom stereocenters. The minimum Gasteiger partial charge on any atom is -0.384 e. The lowest BCUT2D eigenvalue weighted by molar-refractivity contribution is -0.142. The fraction of sp³-hybridized carbons (Fsp3) is 0.900. The van der Waals surface area contributed by atoms with E-state index >= 15 is 0 Å². The maximum absolute atomic E-state index is 11.5. The molecule has 0 aromatic heterocycles. The van der Waals surface area contributed by atoms with Gasteiger partial charge in [0.2, 0.25) is 0 Å². The Hall–Kier alpha value is -0.610. The van der Waals surface area contributed by atoms with Crippen molar-refractivity contribution >= 4 is 5.91 Å². The molecule has 82 valence electrons. The first-order valence-electron chi connectivity index (χ1n) is 5.27. The van der Waals surface area contributed by atoms with Gasteiger partial charge in [-0.25, -0.2) is 0 Å². The van der Waals surface area contributed by atoms with Gasteiger partial charge in [0.1, 0.15) is 6.10 Å². The first-order chi connectivity index (χ1) is 6.56. The third-order valence-electron chi connectivity index (χ3n) is 2.84. The number of aliphatic hydroxyl groups is 1. The van der Waals surface area contributed by atoms with E-state index in [9.17, 15) is 9.90 Å². The number of aliphatic hydroxyl groups excluding tert-OH is 1.